The highest BCUT2D eigenvalue weighted by atomic mass is 35.5. The Morgan fingerprint density at radius 1 is 1.11 bits per heavy atom. The number of rotatable bonds is 6. The third-order valence-corrected chi connectivity index (χ3v) is 6.27. The molecule has 0 aromatic heterocycles. The first kappa shape index (κ1) is 18.8. The Morgan fingerprint density at radius 3 is 2.74 bits per heavy atom. The summed E-state index contributed by atoms with van der Waals surface area (Å²) in [5.41, 5.74) is 9.86. The van der Waals surface area contributed by atoms with Crippen LogP contribution in [0, 0.1) is 0 Å². The molecule has 1 aliphatic heterocycles. The van der Waals surface area contributed by atoms with Crippen LogP contribution in [0.1, 0.15) is 41.9 Å². The van der Waals surface area contributed by atoms with Crippen LogP contribution in [0.2, 0.25) is 5.02 Å². The van der Waals surface area contributed by atoms with Crippen molar-refractivity contribution in [2.75, 3.05) is 26.2 Å². The van der Waals surface area contributed by atoms with Gasteiger partial charge in [0.25, 0.3) is 0 Å². The van der Waals surface area contributed by atoms with Crippen LogP contribution in [0.15, 0.2) is 42.5 Å². The average molecular weight is 385 g/mol. The maximum Gasteiger partial charge on any atom is 0.119 e. The second kappa shape index (κ2) is 8.64. The molecule has 1 saturated heterocycles. The minimum Gasteiger partial charge on any atom is -0.492 e. The Morgan fingerprint density at radius 2 is 1.96 bits per heavy atom. The molecule has 0 bridgehead atoms. The lowest BCUT2D eigenvalue weighted by Gasteiger charge is -2.39. The number of likely N-dealkylation sites (tertiary alicyclic amines) is 1. The van der Waals surface area contributed by atoms with Crippen molar-refractivity contribution in [1.82, 2.24) is 4.90 Å². The molecule has 2 aliphatic rings. The number of ether oxygens (including phenoxy) is 1. The van der Waals surface area contributed by atoms with Gasteiger partial charge in [0.2, 0.25) is 0 Å². The van der Waals surface area contributed by atoms with Crippen molar-refractivity contribution in [3.05, 3.63) is 64.2 Å². The normalized spacial score (nSPS) is 22.6. The van der Waals surface area contributed by atoms with Gasteiger partial charge in [-0.2, -0.15) is 0 Å². The van der Waals surface area contributed by atoms with Crippen LogP contribution >= 0.6 is 11.6 Å². The quantitative estimate of drug-likeness (QED) is 0.801. The van der Waals surface area contributed by atoms with Gasteiger partial charge < -0.3 is 10.5 Å². The fourth-order valence-electron chi connectivity index (χ4n) is 4.80. The van der Waals surface area contributed by atoms with E-state index < -0.39 is 0 Å². The maximum absolute atomic E-state index is 6.27. The molecule has 0 radical (unpaired) electrons. The van der Waals surface area contributed by atoms with Crippen molar-refractivity contribution in [1.29, 1.82) is 0 Å². The summed E-state index contributed by atoms with van der Waals surface area (Å²) in [5, 5.41) is 0.821. The van der Waals surface area contributed by atoms with Gasteiger partial charge in [0.15, 0.2) is 0 Å². The number of nitrogens with zero attached hydrogens (tertiary/aromatic N) is 1. The Bertz CT molecular complexity index is 773. The van der Waals surface area contributed by atoms with Crippen LogP contribution in [0.5, 0.6) is 5.75 Å². The lowest BCUT2D eigenvalue weighted by molar-refractivity contribution is 0.188. The molecule has 0 saturated carbocycles. The van der Waals surface area contributed by atoms with Crippen LogP contribution < -0.4 is 10.5 Å². The van der Waals surface area contributed by atoms with Gasteiger partial charge in [-0.25, -0.2) is 0 Å². The van der Waals surface area contributed by atoms with Crippen LogP contribution in [0.25, 0.3) is 0 Å². The first-order valence-electron chi connectivity index (χ1n) is 10.2. The fraction of sp³-hybridized carbons (Fsp3) is 0.478. The van der Waals surface area contributed by atoms with E-state index in [9.17, 15) is 0 Å². The third-order valence-electron chi connectivity index (χ3n) is 6.03. The molecule has 4 rings (SSSR count). The van der Waals surface area contributed by atoms with E-state index in [-0.39, 0.29) is 0 Å². The van der Waals surface area contributed by atoms with Crippen LogP contribution in [0.4, 0.5) is 0 Å². The maximum atomic E-state index is 6.27. The molecule has 1 fully saturated rings. The monoisotopic (exact) mass is 384 g/mol. The predicted octanol–water partition coefficient (Wildman–Crippen LogP) is 4.41. The number of halogens is 1. The van der Waals surface area contributed by atoms with Crippen LogP contribution in [-0.2, 0) is 12.8 Å². The van der Waals surface area contributed by atoms with E-state index in [0.717, 1.165) is 23.6 Å². The molecule has 2 aromatic rings. The van der Waals surface area contributed by atoms with E-state index in [1.54, 1.807) is 0 Å². The molecule has 3 nitrogen and oxygen atoms in total. The zero-order chi connectivity index (χ0) is 18.6. The Hall–Kier alpha value is -1.55. The molecule has 2 unspecified atom stereocenters. The minimum absolute atomic E-state index is 0.478. The summed E-state index contributed by atoms with van der Waals surface area (Å²) >= 11 is 6.27. The molecule has 4 heteroatoms. The standard InChI is InChI=1S/C23H29ClN2O/c24-19-5-3-4-17(14-19)15-22-21-16-20(27-13-10-25)8-6-18(21)7-9-23(22)26-11-1-2-12-26/h3-6,8,14,16,22-23H,1-2,7,9-13,15,25H2. The zero-order valence-electron chi connectivity index (χ0n) is 15.9. The molecule has 1 aliphatic carbocycles. The lowest BCUT2D eigenvalue weighted by atomic mass is 9.75. The highest BCUT2D eigenvalue weighted by Crippen LogP contribution is 2.40. The van der Waals surface area contributed by atoms with Crippen molar-refractivity contribution >= 4 is 11.6 Å². The van der Waals surface area contributed by atoms with Gasteiger partial charge in [0.1, 0.15) is 12.4 Å². The van der Waals surface area contributed by atoms with Crippen molar-refractivity contribution in [3.63, 3.8) is 0 Å². The van der Waals surface area contributed by atoms with Gasteiger partial charge in [-0.15, -0.1) is 0 Å². The number of nitrogens with two attached hydrogens (primary N) is 1. The van der Waals surface area contributed by atoms with E-state index in [0.29, 0.717) is 25.1 Å². The van der Waals surface area contributed by atoms with E-state index in [1.807, 2.05) is 6.07 Å². The summed E-state index contributed by atoms with van der Waals surface area (Å²) in [7, 11) is 0. The van der Waals surface area contributed by atoms with E-state index in [1.165, 1.54) is 49.0 Å². The largest absolute Gasteiger partial charge is 0.492 e. The molecule has 1 heterocycles. The molecule has 27 heavy (non-hydrogen) atoms. The van der Waals surface area contributed by atoms with E-state index in [4.69, 9.17) is 22.1 Å². The van der Waals surface area contributed by atoms with Gasteiger partial charge in [-0.3, -0.25) is 4.90 Å². The first-order chi connectivity index (χ1) is 13.2. The van der Waals surface area contributed by atoms with E-state index in [2.05, 4.69) is 41.3 Å². The highest BCUT2D eigenvalue weighted by molar-refractivity contribution is 6.30. The van der Waals surface area contributed by atoms with Crippen molar-refractivity contribution < 1.29 is 4.74 Å². The summed E-state index contributed by atoms with van der Waals surface area (Å²) in [6, 6.07) is 15.6. The average Bonchev–Trinajstić information content (AvgIpc) is 3.21. The fourth-order valence-corrected chi connectivity index (χ4v) is 5.01. The van der Waals surface area contributed by atoms with Gasteiger partial charge in [0.05, 0.1) is 0 Å². The summed E-state index contributed by atoms with van der Waals surface area (Å²) in [4.78, 5) is 2.71. The lowest BCUT2D eigenvalue weighted by Crippen LogP contribution is -2.41. The van der Waals surface area contributed by atoms with Gasteiger partial charge in [-0.05, 0) is 86.1 Å². The Labute approximate surface area is 167 Å². The number of benzene rings is 2. The highest BCUT2D eigenvalue weighted by Gasteiger charge is 2.35. The summed E-state index contributed by atoms with van der Waals surface area (Å²) in [6.07, 6.45) is 6.07. The predicted molar refractivity (Wildman–Crippen MR) is 112 cm³/mol. The molecular weight excluding hydrogens is 356 g/mol. The van der Waals surface area contributed by atoms with Gasteiger partial charge in [0, 0.05) is 23.5 Å². The molecule has 144 valence electrons. The minimum atomic E-state index is 0.478. The van der Waals surface area contributed by atoms with Crippen molar-refractivity contribution in [2.45, 2.75) is 44.1 Å². The molecule has 0 amide bonds. The molecule has 0 spiro atoms. The summed E-state index contributed by atoms with van der Waals surface area (Å²) in [5.74, 6) is 1.42. The number of hydrogen-bond acceptors (Lipinski definition) is 3. The molecule has 2 N–H and O–H groups in total. The van der Waals surface area contributed by atoms with Crippen LogP contribution in [0.3, 0.4) is 0 Å². The van der Waals surface area contributed by atoms with Gasteiger partial charge in [-0.1, -0.05) is 29.8 Å². The first-order valence-corrected chi connectivity index (χ1v) is 10.6. The number of hydrogen-bond donors (Lipinski definition) is 1. The second-order valence-corrected chi connectivity index (χ2v) is 8.22. The van der Waals surface area contributed by atoms with Crippen molar-refractivity contribution in [2.24, 2.45) is 5.73 Å². The number of fused-ring (bicyclic) bond motifs is 1. The smallest absolute Gasteiger partial charge is 0.119 e. The topological polar surface area (TPSA) is 38.5 Å². The molecular formula is C23H29ClN2O. The Balaban J connectivity index is 1.67. The van der Waals surface area contributed by atoms with E-state index >= 15 is 0 Å². The van der Waals surface area contributed by atoms with Gasteiger partial charge >= 0.3 is 0 Å². The number of aryl methyl sites for hydroxylation is 1. The summed E-state index contributed by atoms with van der Waals surface area (Å²) < 4.78 is 5.84. The second-order valence-electron chi connectivity index (χ2n) is 7.79. The molecule has 2 aromatic carbocycles. The Kier molecular flexibility index (Phi) is 6.01. The van der Waals surface area contributed by atoms with Crippen LogP contribution in [-0.4, -0.2) is 37.2 Å². The summed E-state index contributed by atoms with van der Waals surface area (Å²) in [6.45, 7) is 3.57. The third kappa shape index (κ3) is 4.31. The van der Waals surface area contributed by atoms with Crippen molar-refractivity contribution in [3.8, 4) is 5.75 Å². The zero-order valence-corrected chi connectivity index (χ0v) is 16.6. The molecule has 2 atom stereocenters. The SMILES string of the molecule is NCCOc1ccc2c(c1)C(Cc1cccc(Cl)c1)C(N1CCCC1)CC2.